The van der Waals surface area contributed by atoms with Crippen LogP contribution in [0.1, 0.15) is 39.0 Å². The van der Waals surface area contributed by atoms with Crippen LogP contribution >= 0.6 is 11.6 Å². The fraction of sp³-hybridized carbons (Fsp3) is 0.571. The Kier molecular flexibility index (Phi) is 4.87. The van der Waals surface area contributed by atoms with E-state index in [0.717, 1.165) is 25.7 Å². The van der Waals surface area contributed by atoms with Gasteiger partial charge in [-0.3, -0.25) is 0 Å². The Morgan fingerprint density at radius 1 is 1.26 bits per heavy atom. The van der Waals surface area contributed by atoms with Crippen LogP contribution in [0.5, 0.6) is 0 Å². The summed E-state index contributed by atoms with van der Waals surface area (Å²) in [6.07, 6.45) is 5.32. The molecule has 1 aromatic carbocycles. The van der Waals surface area contributed by atoms with Crippen molar-refractivity contribution in [2.24, 2.45) is 5.92 Å². The average Bonchev–Trinajstić information content (AvgIpc) is 2.39. The lowest BCUT2D eigenvalue weighted by Crippen LogP contribution is -2.41. The minimum Gasteiger partial charge on any atom is -0.208 e. The molecule has 1 fully saturated rings. The van der Waals surface area contributed by atoms with Gasteiger partial charge in [-0.1, -0.05) is 49.9 Å². The molecule has 1 aliphatic carbocycles. The number of benzene rings is 1. The van der Waals surface area contributed by atoms with Crippen molar-refractivity contribution in [3.05, 3.63) is 29.3 Å². The van der Waals surface area contributed by atoms with Crippen LogP contribution < -0.4 is 4.72 Å². The molecule has 0 aliphatic heterocycles. The van der Waals surface area contributed by atoms with Gasteiger partial charge in [-0.25, -0.2) is 13.1 Å². The summed E-state index contributed by atoms with van der Waals surface area (Å²) >= 11 is 5.98. The van der Waals surface area contributed by atoms with Crippen LogP contribution in [-0.4, -0.2) is 14.5 Å². The Labute approximate surface area is 120 Å². The molecule has 1 saturated carbocycles. The first-order chi connectivity index (χ1) is 9.04. The van der Waals surface area contributed by atoms with Crippen LogP contribution in [0.3, 0.4) is 0 Å². The molecule has 2 atom stereocenters. The van der Waals surface area contributed by atoms with Crippen molar-refractivity contribution >= 4 is 21.6 Å². The summed E-state index contributed by atoms with van der Waals surface area (Å²) in [6.45, 7) is 2.12. The maximum atomic E-state index is 12.4. The van der Waals surface area contributed by atoms with E-state index in [9.17, 15) is 8.42 Å². The lowest BCUT2D eigenvalue weighted by molar-refractivity contribution is 0.282. The van der Waals surface area contributed by atoms with Crippen molar-refractivity contribution in [1.29, 1.82) is 0 Å². The Balaban J connectivity index is 2.19. The van der Waals surface area contributed by atoms with E-state index in [0.29, 0.717) is 5.92 Å². The van der Waals surface area contributed by atoms with Crippen LogP contribution in [-0.2, 0) is 10.0 Å². The highest BCUT2D eigenvalue weighted by molar-refractivity contribution is 7.89. The third-order valence-electron chi connectivity index (χ3n) is 3.87. The predicted molar refractivity (Wildman–Crippen MR) is 77.8 cm³/mol. The van der Waals surface area contributed by atoms with Crippen molar-refractivity contribution in [2.45, 2.75) is 50.0 Å². The zero-order valence-electron chi connectivity index (χ0n) is 11.1. The summed E-state index contributed by atoms with van der Waals surface area (Å²) in [5, 5.41) is 0.277. The first-order valence-electron chi connectivity index (χ1n) is 6.81. The molecule has 0 saturated heterocycles. The Bertz CT molecular complexity index is 530. The molecule has 2 rings (SSSR count). The molecule has 1 aliphatic rings. The lowest BCUT2D eigenvalue weighted by Gasteiger charge is -2.31. The first-order valence-corrected chi connectivity index (χ1v) is 8.67. The van der Waals surface area contributed by atoms with E-state index in [-0.39, 0.29) is 16.0 Å². The van der Waals surface area contributed by atoms with E-state index in [1.54, 1.807) is 24.3 Å². The van der Waals surface area contributed by atoms with E-state index in [1.165, 1.54) is 6.42 Å². The molecule has 1 N–H and O–H groups in total. The summed E-state index contributed by atoms with van der Waals surface area (Å²) in [5.74, 6) is 0.436. The van der Waals surface area contributed by atoms with Gasteiger partial charge in [-0.05, 0) is 30.9 Å². The fourth-order valence-corrected chi connectivity index (χ4v) is 4.64. The number of hydrogen-bond acceptors (Lipinski definition) is 2. The molecular weight excluding hydrogens is 282 g/mol. The van der Waals surface area contributed by atoms with Gasteiger partial charge in [0, 0.05) is 6.04 Å². The van der Waals surface area contributed by atoms with Crippen molar-refractivity contribution in [3.8, 4) is 0 Å². The van der Waals surface area contributed by atoms with Gasteiger partial charge in [0.05, 0.1) is 5.02 Å². The summed E-state index contributed by atoms with van der Waals surface area (Å²) in [5.41, 5.74) is 0. The molecular formula is C14H20ClNO2S. The highest BCUT2D eigenvalue weighted by Gasteiger charge is 2.29. The maximum Gasteiger partial charge on any atom is 0.242 e. The van der Waals surface area contributed by atoms with Gasteiger partial charge >= 0.3 is 0 Å². The van der Waals surface area contributed by atoms with Crippen molar-refractivity contribution in [2.75, 3.05) is 0 Å². The Morgan fingerprint density at radius 3 is 2.63 bits per heavy atom. The van der Waals surface area contributed by atoms with Gasteiger partial charge in [-0.2, -0.15) is 0 Å². The number of nitrogens with one attached hydrogen (secondary N) is 1. The second-order valence-corrected chi connectivity index (χ2v) is 7.20. The first kappa shape index (κ1) is 14.8. The average molecular weight is 302 g/mol. The van der Waals surface area contributed by atoms with E-state index >= 15 is 0 Å². The molecule has 0 spiro atoms. The second kappa shape index (κ2) is 6.25. The highest BCUT2D eigenvalue weighted by Crippen LogP contribution is 2.29. The predicted octanol–water partition coefficient (Wildman–Crippen LogP) is 3.59. The smallest absolute Gasteiger partial charge is 0.208 e. The Hall–Kier alpha value is -0.580. The molecule has 106 valence electrons. The van der Waals surface area contributed by atoms with Gasteiger partial charge in [-0.15, -0.1) is 0 Å². The van der Waals surface area contributed by atoms with Gasteiger partial charge in [0.1, 0.15) is 4.90 Å². The van der Waals surface area contributed by atoms with Crippen molar-refractivity contribution in [3.63, 3.8) is 0 Å². The van der Waals surface area contributed by atoms with E-state index in [1.807, 2.05) is 0 Å². The van der Waals surface area contributed by atoms with Crippen LogP contribution in [0.4, 0.5) is 0 Å². The molecule has 0 aromatic heterocycles. The monoisotopic (exact) mass is 301 g/mol. The van der Waals surface area contributed by atoms with Crippen molar-refractivity contribution in [1.82, 2.24) is 4.72 Å². The van der Waals surface area contributed by atoms with Crippen molar-refractivity contribution < 1.29 is 8.42 Å². The molecule has 3 nitrogen and oxygen atoms in total. The molecule has 0 bridgehead atoms. The lowest BCUT2D eigenvalue weighted by atomic mass is 9.83. The third-order valence-corrected chi connectivity index (χ3v) is 5.86. The molecule has 0 radical (unpaired) electrons. The van der Waals surface area contributed by atoms with Gasteiger partial charge in [0.25, 0.3) is 0 Å². The van der Waals surface area contributed by atoms with Crippen LogP contribution in [0, 0.1) is 5.92 Å². The minimum atomic E-state index is -3.52. The molecule has 19 heavy (non-hydrogen) atoms. The Morgan fingerprint density at radius 2 is 1.95 bits per heavy atom. The summed E-state index contributed by atoms with van der Waals surface area (Å²) in [6, 6.07) is 6.62. The third kappa shape index (κ3) is 3.50. The maximum absolute atomic E-state index is 12.4. The number of hydrogen-bond donors (Lipinski definition) is 1. The SMILES string of the molecule is CCC1CCCCC1NS(=O)(=O)c1ccccc1Cl. The molecule has 5 heteroatoms. The van der Waals surface area contributed by atoms with Crippen LogP contribution in [0.2, 0.25) is 5.02 Å². The van der Waals surface area contributed by atoms with E-state index in [4.69, 9.17) is 11.6 Å². The van der Waals surface area contributed by atoms with Gasteiger partial charge < -0.3 is 0 Å². The minimum absolute atomic E-state index is 0.0417. The molecule has 0 heterocycles. The number of halogens is 1. The number of rotatable bonds is 4. The fourth-order valence-electron chi connectivity index (χ4n) is 2.78. The second-order valence-electron chi connectivity index (χ2n) is 5.11. The highest BCUT2D eigenvalue weighted by atomic mass is 35.5. The topological polar surface area (TPSA) is 46.2 Å². The van der Waals surface area contributed by atoms with Gasteiger partial charge in [0.15, 0.2) is 0 Å². The summed E-state index contributed by atoms with van der Waals surface area (Å²) in [4.78, 5) is 0.178. The molecule has 0 amide bonds. The largest absolute Gasteiger partial charge is 0.242 e. The molecule has 1 aromatic rings. The van der Waals surface area contributed by atoms with E-state index < -0.39 is 10.0 Å². The normalized spacial score (nSPS) is 24.3. The number of sulfonamides is 1. The molecule has 2 unspecified atom stereocenters. The van der Waals surface area contributed by atoms with Gasteiger partial charge in [0.2, 0.25) is 10.0 Å². The quantitative estimate of drug-likeness (QED) is 0.924. The zero-order valence-corrected chi connectivity index (χ0v) is 12.7. The summed E-state index contributed by atoms with van der Waals surface area (Å²) < 4.78 is 27.6. The summed E-state index contributed by atoms with van der Waals surface area (Å²) in [7, 11) is -3.52. The zero-order chi connectivity index (χ0) is 13.9. The van der Waals surface area contributed by atoms with E-state index in [2.05, 4.69) is 11.6 Å². The van der Waals surface area contributed by atoms with Crippen LogP contribution in [0.15, 0.2) is 29.2 Å². The standard InChI is InChI=1S/C14H20ClNO2S/c1-2-11-7-3-5-9-13(11)16-19(17,18)14-10-6-4-8-12(14)15/h4,6,8,10-11,13,16H,2-3,5,7,9H2,1H3. The van der Waals surface area contributed by atoms with Crippen LogP contribution in [0.25, 0.3) is 0 Å².